The minimum Gasteiger partial charge on any atom is -0.376 e. The van der Waals surface area contributed by atoms with Crippen LogP contribution in [0.4, 0.5) is 0 Å². The van der Waals surface area contributed by atoms with Crippen molar-refractivity contribution < 1.29 is 9.53 Å². The third-order valence-electron chi connectivity index (χ3n) is 4.81. The van der Waals surface area contributed by atoms with Crippen LogP contribution >= 0.6 is 11.3 Å². The van der Waals surface area contributed by atoms with Crippen molar-refractivity contribution in [1.82, 2.24) is 14.9 Å². The molecule has 1 saturated heterocycles. The quantitative estimate of drug-likeness (QED) is 0.735. The topological polar surface area (TPSA) is 73.2 Å². The van der Waals surface area contributed by atoms with Gasteiger partial charge in [0, 0.05) is 24.2 Å². The Kier molecular flexibility index (Phi) is 5.05. The van der Waals surface area contributed by atoms with Crippen molar-refractivity contribution in [2.75, 3.05) is 13.2 Å². The predicted molar refractivity (Wildman–Crippen MR) is 105 cm³/mol. The number of amides is 1. The molecule has 0 saturated carbocycles. The smallest absolute Gasteiger partial charge is 0.260 e. The van der Waals surface area contributed by atoms with E-state index in [2.05, 4.69) is 10.3 Å². The average Bonchev–Trinajstić information content (AvgIpc) is 3.35. The number of rotatable bonds is 5. The van der Waals surface area contributed by atoms with Crippen LogP contribution in [0.3, 0.4) is 0 Å². The maximum absolute atomic E-state index is 12.9. The molecule has 0 aromatic carbocycles. The molecule has 1 fully saturated rings. The molecule has 3 aromatic rings. The highest BCUT2D eigenvalue weighted by molar-refractivity contribution is 7.09. The number of pyridine rings is 2. The monoisotopic (exact) mass is 383 g/mol. The minimum absolute atomic E-state index is 0.0747. The van der Waals surface area contributed by atoms with Gasteiger partial charge in [-0.1, -0.05) is 6.07 Å². The molecule has 140 valence electrons. The van der Waals surface area contributed by atoms with E-state index in [4.69, 9.17) is 4.74 Å². The highest BCUT2D eigenvalue weighted by Crippen LogP contribution is 2.16. The number of nitrogens with one attached hydrogen (secondary N) is 1. The molecule has 4 heterocycles. The van der Waals surface area contributed by atoms with Gasteiger partial charge in [-0.15, -0.1) is 11.3 Å². The summed E-state index contributed by atoms with van der Waals surface area (Å²) in [5, 5.41) is 5.35. The lowest BCUT2D eigenvalue weighted by atomic mass is 10.1. The fraction of sp³-hybridized carbons (Fsp3) is 0.350. The third kappa shape index (κ3) is 3.79. The Morgan fingerprint density at radius 2 is 2.33 bits per heavy atom. The lowest BCUT2D eigenvalue weighted by molar-refractivity contribution is 0.0857. The normalized spacial score (nSPS) is 16.7. The summed E-state index contributed by atoms with van der Waals surface area (Å²) in [5.74, 6) is -0.217. The van der Waals surface area contributed by atoms with Crippen LogP contribution in [0, 0.1) is 6.92 Å². The first-order valence-corrected chi connectivity index (χ1v) is 9.93. The Hall–Kier alpha value is -2.51. The Labute approximate surface area is 160 Å². The molecule has 1 amide bonds. The molecule has 3 aromatic heterocycles. The van der Waals surface area contributed by atoms with Gasteiger partial charge in [-0.2, -0.15) is 0 Å². The molecule has 0 aliphatic carbocycles. The molecule has 0 bridgehead atoms. The van der Waals surface area contributed by atoms with E-state index in [-0.39, 0.29) is 17.6 Å². The maximum atomic E-state index is 12.9. The van der Waals surface area contributed by atoms with Crippen molar-refractivity contribution in [2.24, 2.45) is 0 Å². The second-order valence-electron chi connectivity index (χ2n) is 6.73. The van der Waals surface area contributed by atoms with Crippen molar-refractivity contribution in [3.63, 3.8) is 0 Å². The zero-order chi connectivity index (χ0) is 18.8. The van der Waals surface area contributed by atoms with Crippen LogP contribution in [0.15, 0.2) is 40.6 Å². The second kappa shape index (κ2) is 7.62. The summed E-state index contributed by atoms with van der Waals surface area (Å²) in [4.78, 5) is 31.1. The Balaban J connectivity index is 1.62. The molecule has 1 aliphatic rings. The predicted octanol–water partition coefficient (Wildman–Crippen LogP) is 2.72. The summed E-state index contributed by atoms with van der Waals surface area (Å²) in [5.41, 5.74) is 1.52. The van der Waals surface area contributed by atoms with Crippen LogP contribution in [-0.4, -0.2) is 34.7 Å². The molecule has 0 radical (unpaired) electrons. The van der Waals surface area contributed by atoms with E-state index in [1.165, 1.54) is 0 Å². The van der Waals surface area contributed by atoms with Gasteiger partial charge in [-0.3, -0.25) is 14.6 Å². The van der Waals surface area contributed by atoms with E-state index in [0.717, 1.165) is 24.3 Å². The van der Waals surface area contributed by atoms with Gasteiger partial charge in [0.2, 0.25) is 0 Å². The number of hydrogen-bond acceptors (Lipinski definition) is 5. The van der Waals surface area contributed by atoms with Crippen molar-refractivity contribution in [3.05, 3.63) is 62.3 Å². The van der Waals surface area contributed by atoms with E-state index in [0.29, 0.717) is 35.2 Å². The van der Waals surface area contributed by atoms with Gasteiger partial charge in [0.05, 0.1) is 34.8 Å². The van der Waals surface area contributed by atoms with Crippen LogP contribution in [0.1, 0.15) is 33.8 Å². The summed E-state index contributed by atoms with van der Waals surface area (Å²) < 4.78 is 7.19. The first-order valence-electron chi connectivity index (χ1n) is 9.05. The molecule has 1 aliphatic heterocycles. The summed E-state index contributed by atoms with van der Waals surface area (Å²) in [6, 6.07) is 7.45. The van der Waals surface area contributed by atoms with Crippen molar-refractivity contribution >= 4 is 28.1 Å². The minimum atomic E-state index is -0.217. The Morgan fingerprint density at radius 1 is 1.44 bits per heavy atom. The lowest BCUT2D eigenvalue weighted by Crippen LogP contribution is -2.32. The number of nitrogens with zero attached hydrogens (tertiary/aromatic N) is 2. The zero-order valence-corrected chi connectivity index (χ0v) is 15.9. The van der Waals surface area contributed by atoms with Gasteiger partial charge >= 0.3 is 0 Å². The standard InChI is InChI=1S/C20H21N3O3S/c1-13-16(19(24)21-11-14-4-2-8-26-14)10-17-18(22-13)6-7-23(20(17)25)12-15-5-3-9-27-15/h3,5-7,9-10,14H,2,4,8,11-12H2,1H3,(H,21,24). The molecular formula is C20H21N3O3S. The number of thiophene rings is 1. The number of hydrogen-bond donors (Lipinski definition) is 1. The second-order valence-corrected chi connectivity index (χ2v) is 7.76. The van der Waals surface area contributed by atoms with E-state index in [9.17, 15) is 9.59 Å². The molecule has 0 spiro atoms. The lowest BCUT2D eigenvalue weighted by Gasteiger charge is -2.13. The van der Waals surface area contributed by atoms with Gasteiger partial charge in [-0.25, -0.2) is 0 Å². The summed E-state index contributed by atoms with van der Waals surface area (Å²) in [7, 11) is 0. The zero-order valence-electron chi connectivity index (χ0n) is 15.1. The van der Waals surface area contributed by atoms with Crippen molar-refractivity contribution in [3.8, 4) is 0 Å². The van der Waals surface area contributed by atoms with Gasteiger partial charge in [-0.05, 0) is 43.3 Å². The van der Waals surface area contributed by atoms with Crippen LogP contribution < -0.4 is 10.9 Å². The Morgan fingerprint density at radius 3 is 3.07 bits per heavy atom. The number of carbonyl (C=O) groups is 1. The number of ether oxygens (including phenoxy) is 1. The van der Waals surface area contributed by atoms with Crippen LogP contribution in [0.5, 0.6) is 0 Å². The highest BCUT2D eigenvalue weighted by Gasteiger charge is 2.18. The molecule has 1 atom stereocenters. The number of aryl methyl sites for hydroxylation is 1. The number of carbonyl (C=O) groups excluding carboxylic acids is 1. The van der Waals surface area contributed by atoms with Gasteiger partial charge in [0.1, 0.15) is 0 Å². The van der Waals surface area contributed by atoms with Crippen molar-refractivity contribution in [2.45, 2.75) is 32.4 Å². The van der Waals surface area contributed by atoms with Crippen LogP contribution in [0.25, 0.3) is 10.9 Å². The average molecular weight is 383 g/mol. The van der Waals surface area contributed by atoms with E-state index < -0.39 is 0 Å². The summed E-state index contributed by atoms with van der Waals surface area (Å²) in [6.07, 6.45) is 3.82. The molecule has 1 N–H and O–H groups in total. The largest absolute Gasteiger partial charge is 0.376 e. The van der Waals surface area contributed by atoms with Gasteiger partial charge < -0.3 is 14.6 Å². The van der Waals surface area contributed by atoms with E-state index in [1.807, 2.05) is 23.6 Å². The van der Waals surface area contributed by atoms with Crippen LogP contribution in [0.2, 0.25) is 0 Å². The van der Waals surface area contributed by atoms with E-state index >= 15 is 0 Å². The molecule has 4 rings (SSSR count). The van der Waals surface area contributed by atoms with Crippen LogP contribution in [-0.2, 0) is 11.3 Å². The molecule has 6 nitrogen and oxygen atoms in total. The Bertz CT molecular complexity index is 1020. The van der Waals surface area contributed by atoms with E-state index in [1.54, 1.807) is 35.1 Å². The summed E-state index contributed by atoms with van der Waals surface area (Å²) in [6.45, 7) is 3.53. The highest BCUT2D eigenvalue weighted by atomic mass is 32.1. The fourth-order valence-electron chi connectivity index (χ4n) is 3.34. The van der Waals surface area contributed by atoms with Gasteiger partial charge in [0.25, 0.3) is 11.5 Å². The molecule has 27 heavy (non-hydrogen) atoms. The third-order valence-corrected chi connectivity index (χ3v) is 5.67. The molecule has 7 heteroatoms. The van der Waals surface area contributed by atoms with Crippen molar-refractivity contribution in [1.29, 1.82) is 0 Å². The fourth-order valence-corrected chi connectivity index (χ4v) is 4.04. The first kappa shape index (κ1) is 17.9. The first-order chi connectivity index (χ1) is 13.1. The SMILES string of the molecule is Cc1nc2ccn(Cc3cccs3)c(=O)c2cc1C(=O)NCC1CCCO1. The maximum Gasteiger partial charge on any atom is 0.260 e. The molecule has 1 unspecified atom stereocenters. The molecular weight excluding hydrogens is 362 g/mol. The number of fused-ring (bicyclic) bond motifs is 1. The summed E-state index contributed by atoms with van der Waals surface area (Å²) >= 11 is 1.61. The van der Waals surface area contributed by atoms with Gasteiger partial charge in [0.15, 0.2) is 0 Å². The number of aromatic nitrogens is 2.